The van der Waals surface area contributed by atoms with E-state index >= 15 is 0 Å². The van der Waals surface area contributed by atoms with Crippen LogP contribution in [0.25, 0.3) is 0 Å². The molecule has 0 unspecified atom stereocenters. The fraction of sp³-hybridized carbons (Fsp3) is 0.500. The number of aliphatic hydroxyl groups excluding tert-OH is 1. The number of hydrogen-bond acceptors (Lipinski definition) is 2. The topological polar surface area (TPSA) is 23.5 Å². The predicted octanol–water partition coefficient (Wildman–Crippen LogP) is 1.82. The monoisotopic (exact) mass is 229 g/mol. The van der Waals surface area contributed by atoms with Crippen molar-refractivity contribution >= 4 is 0 Å². The molecule has 1 rings (SSSR count). The maximum atomic E-state index is 12.9. The van der Waals surface area contributed by atoms with Gasteiger partial charge in [0.1, 0.15) is 0 Å². The van der Waals surface area contributed by atoms with Gasteiger partial charge in [-0.15, -0.1) is 0 Å². The van der Waals surface area contributed by atoms with Gasteiger partial charge in [0.15, 0.2) is 11.6 Å². The summed E-state index contributed by atoms with van der Waals surface area (Å²) >= 11 is 0. The molecule has 0 spiro atoms. The molecule has 0 bridgehead atoms. The van der Waals surface area contributed by atoms with Crippen LogP contribution in [0, 0.1) is 11.6 Å². The van der Waals surface area contributed by atoms with E-state index in [1.807, 2.05) is 7.05 Å². The van der Waals surface area contributed by atoms with Crippen LogP contribution in [0.15, 0.2) is 18.2 Å². The molecule has 0 amide bonds. The second kappa shape index (κ2) is 6.55. The minimum atomic E-state index is -0.808. The predicted molar refractivity (Wildman–Crippen MR) is 59.3 cm³/mol. The zero-order chi connectivity index (χ0) is 12.0. The van der Waals surface area contributed by atoms with Gasteiger partial charge < -0.3 is 10.0 Å². The highest BCUT2D eigenvalue weighted by molar-refractivity contribution is 5.18. The van der Waals surface area contributed by atoms with Gasteiger partial charge in [-0.05, 0) is 37.6 Å². The molecule has 1 aromatic rings. The number of hydrogen-bond donors (Lipinski definition) is 1. The zero-order valence-corrected chi connectivity index (χ0v) is 9.42. The van der Waals surface area contributed by atoms with Crippen molar-refractivity contribution in [3.8, 4) is 0 Å². The van der Waals surface area contributed by atoms with Gasteiger partial charge in [-0.3, -0.25) is 0 Å². The minimum absolute atomic E-state index is 0.176. The number of halogens is 2. The number of rotatable bonds is 6. The average Bonchev–Trinajstić information content (AvgIpc) is 2.28. The summed E-state index contributed by atoms with van der Waals surface area (Å²) in [5.41, 5.74) is 0.787. The molecular formula is C12H17F2NO. The van der Waals surface area contributed by atoms with Gasteiger partial charge in [-0.1, -0.05) is 6.07 Å². The summed E-state index contributed by atoms with van der Waals surface area (Å²) in [5.74, 6) is -1.60. The first-order valence-electron chi connectivity index (χ1n) is 5.37. The highest BCUT2D eigenvalue weighted by atomic mass is 19.2. The van der Waals surface area contributed by atoms with E-state index < -0.39 is 11.6 Å². The first kappa shape index (κ1) is 13.1. The Kier molecular flexibility index (Phi) is 5.35. The van der Waals surface area contributed by atoms with E-state index in [2.05, 4.69) is 4.90 Å². The van der Waals surface area contributed by atoms with Crippen molar-refractivity contribution in [1.82, 2.24) is 4.90 Å². The SMILES string of the molecule is CN(CCCO)CCc1ccc(F)c(F)c1. The van der Waals surface area contributed by atoms with Crippen LogP contribution in [-0.4, -0.2) is 36.8 Å². The molecule has 0 heterocycles. The first-order valence-corrected chi connectivity index (χ1v) is 5.37. The van der Waals surface area contributed by atoms with Gasteiger partial charge in [-0.2, -0.15) is 0 Å². The van der Waals surface area contributed by atoms with Gasteiger partial charge in [0, 0.05) is 19.7 Å². The molecule has 1 N–H and O–H groups in total. The number of benzene rings is 1. The van der Waals surface area contributed by atoms with Gasteiger partial charge in [-0.25, -0.2) is 8.78 Å². The van der Waals surface area contributed by atoms with Crippen LogP contribution in [0.2, 0.25) is 0 Å². The maximum absolute atomic E-state index is 12.9. The Morgan fingerprint density at radius 2 is 1.94 bits per heavy atom. The van der Waals surface area contributed by atoms with Crippen molar-refractivity contribution in [3.63, 3.8) is 0 Å². The van der Waals surface area contributed by atoms with Crippen LogP contribution in [0.1, 0.15) is 12.0 Å². The number of likely N-dealkylation sites (N-methyl/N-ethyl adjacent to an activating group) is 1. The maximum Gasteiger partial charge on any atom is 0.159 e. The summed E-state index contributed by atoms with van der Waals surface area (Å²) in [6.45, 7) is 1.75. The van der Waals surface area contributed by atoms with Crippen molar-refractivity contribution in [2.45, 2.75) is 12.8 Å². The Bertz CT molecular complexity index is 331. The van der Waals surface area contributed by atoms with Crippen LogP contribution < -0.4 is 0 Å². The summed E-state index contributed by atoms with van der Waals surface area (Å²) < 4.78 is 25.5. The molecule has 0 radical (unpaired) electrons. The lowest BCUT2D eigenvalue weighted by atomic mass is 10.1. The van der Waals surface area contributed by atoms with E-state index in [9.17, 15) is 8.78 Å². The Morgan fingerprint density at radius 1 is 1.19 bits per heavy atom. The molecule has 1 aromatic carbocycles. The molecule has 0 saturated carbocycles. The molecule has 0 fully saturated rings. The molecule has 0 aliphatic heterocycles. The second-order valence-electron chi connectivity index (χ2n) is 3.88. The molecule has 0 saturated heterocycles. The third kappa shape index (κ3) is 4.24. The molecule has 90 valence electrons. The van der Waals surface area contributed by atoms with Gasteiger partial charge in [0.2, 0.25) is 0 Å². The summed E-state index contributed by atoms with van der Waals surface area (Å²) in [7, 11) is 1.94. The van der Waals surface area contributed by atoms with Crippen LogP contribution in [0.3, 0.4) is 0 Å². The average molecular weight is 229 g/mol. The van der Waals surface area contributed by atoms with E-state index in [1.54, 1.807) is 6.07 Å². The molecule has 0 aliphatic carbocycles. The van der Waals surface area contributed by atoms with Crippen LogP contribution >= 0.6 is 0 Å². The van der Waals surface area contributed by atoms with Crippen molar-refractivity contribution in [2.24, 2.45) is 0 Å². The van der Waals surface area contributed by atoms with Crippen molar-refractivity contribution in [1.29, 1.82) is 0 Å². The first-order chi connectivity index (χ1) is 7.63. The third-order valence-corrected chi connectivity index (χ3v) is 2.46. The molecule has 2 nitrogen and oxygen atoms in total. The quantitative estimate of drug-likeness (QED) is 0.804. The van der Waals surface area contributed by atoms with Crippen LogP contribution in [0.5, 0.6) is 0 Å². The largest absolute Gasteiger partial charge is 0.396 e. The number of nitrogens with zero attached hydrogens (tertiary/aromatic N) is 1. The Hall–Kier alpha value is -1.00. The molecule has 0 atom stereocenters. The molecule has 16 heavy (non-hydrogen) atoms. The van der Waals surface area contributed by atoms with E-state index in [-0.39, 0.29) is 6.61 Å². The van der Waals surface area contributed by atoms with E-state index in [4.69, 9.17) is 5.11 Å². The highest BCUT2D eigenvalue weighted by Crippen LogP contribution is 2.09. The standard InChI is InChI=1S/C12H17F2NO/c1-15(6-2-8-16)7-5-10-3-4-11(13)12(14)9-10/h3-4,9,16H,2,5-8H2,1H3. The lowest BCUT2D eigenvalue weighted by Crippen LogP contribution is -2.23. The van der Waals surface area contributed by atoms with E-state index in [1.165, 1.54) is 6.07 Å². The smallest absolute Gasteiger partial charge is 0.159 e. The Balaban J connectivity index is 2.39. The normalized spacial score (nSPS) is 11.1. The van der Waals surface area contributed by atoms with Crippen LogP contribution in [-0.2, 0) is 6.42 Å². The number of aliphatic hydroxyl groups is 1. The highest BCUT2D eigenvalue weighted by Gasteiger charge is 2.03. The lowest BCUT2D eigenvalue weighted by Gasteiger charge is -2.15. The molecular weight excluding hydrogens is 212 g/mol. The van der Waals surface area contributed by atoms with Crippen molar-refractivity contribution < 1.29 is 13.9 Å². The second-order valence-corrected chi connectivity index (χ2v) is 3.88. The van der Waals surface area contributed by atoms with Gasteiger partial charge in [0.25, 0.3) is 0 Å². The summed E-state index contributed by atoms with van der Waals surface area (Å²) in [4.78, 5) is 2.05. The third-order valence-electron chi connectivity index (χ3n) is 2.46. The van der Waals surface area contributed by atoms with E-state index in [0.717, 1.165) is 31.1 Å². The summed E-state index contributed by atoms with van der Waals surface area (Å²) in [6, 6.07) is 3.98. The Labute approximate surface area is 94.5 Å². The molecule has 0 aliphatic rings. The summed E-state index contributed by atoms with van der Waals surface area (Å²) in [5, 5.41) is 8.65. The van der Waals surface area contributed by atoms with Crippen LogP contribution in [0.4, 0.5) is 8.78 Å². The van der Waals surface area contributed by atoms with Crippen molar-refractivity contribution in [3.05, 3.63) is 35.4 Å². The van der Waals surface area contributed by atoms with Crippen molar-refractivity contribution in [2.75, 3.05) is 26.7 Å². The minimum Gasteiger partial charge on any atom is -0.396 e. The zero-order valence-electron chi connectivity index (χ0n) is 9.42. The fourth-order valence-electron chi connectivity index (χ4n) is 1.47. The van der Waals surface area contributed by atoms with E-state index in [0.29, 0.717) is 6.42 Å². The molecule has 0 aromatic heterocycles. The molecule has 4 heteroatoms. The van der Waals surface area contributed by atoms with Gasteiger partial charge >= 0.3 is 0 Å². The summed E-state index contributed by atoms with van der Waals surface area (Å²) in [6.07, 6.45) is 1.41. The lowest BCUT2D eigenvalue weighted by molar-refractivity contribution is 0.248. The fourth-order valence-corrected chi connectivity index (χ4v) is 1.47. The Morgan fingerprint density at radius 3 is 2.56 bits per heavy atom. The van der Waals surface area contributed by atoms with Gasteiger partial charge in [0.05, 0.1) is 0 Å².